The number of nitrogens with one attached hydrogen (secondary N) is 1. The number of nitrogens with zero attached hydrogens (tertiary/aromatic N) is 4. The Hall–Kier alpha value is -3.09. The van der Waals surface area contributed by atoms with Gasteiger partial charge in [-0.3, -0.25) is 4.90 Å². The smallest absolute Gasteiger partial charge is 0.434 e. The fraction of sp³-hybridized carbons (Fsp3) is 0.409. The van der Waals surface area contributed by atoms with Crippen LogP contribution in [0.2, 0.25) is 0 Å². The number of carbonyl (C=O) groups excluding carboxylic acids is 1. The molecule has 162 valence electrons. The molecule has 0 spiro atoms. The maximum absolute atomic E-state index is 11.4. The predicted molar refractivity (Wildman–Crippen MR) is 120 cm³/mol. The van der Waals surface area contributed by atoms with Crippen molar-refractivity contribution in [1.29, 1.82) is 5.26 Å². The number of hydrogen-bond donors (Lipinski definition) is 1. The van der Waals surface area contributed by atoms with E-state index >= 15 is 0 Å². The first-order chi connectivity index (χ1) is 15.2. The molecule has 3 aromatic rings. The van der Waals surface area contributed by atoms with Crippen LogP contribution >= 0.6 is 11.3 Å². The summed E-state index contributed by atoms with van der Waals surface area (Å²) in [5.74, 6) is 0.292. The number of benzene rings is 1. The van der Waals surface area contributed by atoms with Crippen molar-refractivity contribution >= 4 is 33.5 Å². The Balaban J connectivity index is 1.22. The molecule has 1 aliphatic heterocycles. The third-order valence-electron chi connectivity index (χ3n) is 5.37. The maximum atomic E-state index is 11.4. The van der Waals surface area contributed by atoms with Gasteiger partial charge < -0.3 is 19.4 Å². The van der Waals surface area contributed by atoms with Crippen LogP contribution in [0.1, 0.15) is 24.5 Å². The average molecular weight is 440 g/mol. The molecule has 31 heavy (non-hydrogen) atoms. The van der Waals surface area contributed by atoms with Crippen LogP contribution in [0.25, 0.3) is 10.9 Å². The number of thiazole rings is 1. The lowest BCUT2D eigenvalue weighted by Crippen LogP contribution is -2.46. The van der Waals surface area contributed by atoms with E-state index in [1.54, 1.807) is 18.5 Å². The number of aromatic amines is 1. The third kappa shape index (κ3) is 5.16. The fourth-order valence-electron chi connectivity index (χ4n) is 3.76. The van der Waals surface area contributed by atoms with Crippen molar-refractivity contribution in [3.63, 3.8) is 0 Å². The molecule has 3 heterocycles. The van der Waals surface area contributed by atoms with E-state index in [0.717, 1.165) is 61.6 Å². The van der Waals surface area contributed by atoms with Crippen LogP contribution in [-0.2, 0) is 11.2 Å². The summed E-state index contributed by atoms with van der Waals surface area (Å²) in [6.45, 7) is 6.80. The Bertz CT molecular complexity index is 1080. The van der Waals surface area contributed by atoms with E-state index in [1.807, 2.05) is 0 Å². The lowest BCUT2D eigenvalue weighted by molar-refractivity contribution is 0.103. The van der Waals surface area contributed by atoms with E-state index in [1.165, 1.54) is 16.9 Å². The first-order valence-corrected chi connectivity index (χ1v) is 11.3. The van der Waals surface area contributed by atoms with Gasteiger partial charge in [-0.25, -0.2) is 4.79 Å². The standard InChI is InChI=1S/C22H25N5O3S/c1-2-29-22(28)30-20-15-31-21(25-20)27-10-8-26(9-11-27)7-3-4-16-5-6-19-18(12-16)17(13-23)14-24-19/h5-6,12,14-15,24H,2-4,7-11H2,1H3. The van der Waals surface area contributed by atoms with Gasteiger partial charge >= 0.3 is 6.16 Å². The van der Waals surface area contributed by atoms with Crippen molar-refractivity contribution in [2.75, 3.05) is 44.2 Å². The van der Waals surface area contributed by atoms with Crippen LogP contribution < -0.4 is 9.64 Å². The first-order valence-electron chi connectivity index (χ1n) is 10.4. The van der Waals surface area contributed by atoms with Gasteiger partial charge in [-0.2, -0.15) is 10.2 Å². The SMILES string of the molecule is CCOC(=O)Oc1csc(N2CCN(CCCc3ccc4[nH]cc(C#N)c4c3)CC2)n1. The second kappa shape index (κ2) is 9.81. The molecule has 1 aliphatic rings. The molecule has 0 radical (unpaired) electrons. The highest BCUT2D eigenvalue weighted by molar-refractivity contribution is 7.13. The molecule has 0 aliphatic carbocycles. The largest absolute Gasteiger partial charge is 0.515 e. The Morgan fingerprint density at radius 1 is 1.32 bits per heavy atom. The summed E-state index contributed by atoms with van der Waals surface area (Å²) in [6.07, 6.45) is 3.12. The molecule has 0 bridgehead atoms. The van der Waals surface area contributed by atoms with E-state index in [0.29, 0.717) is 11.4 Å². The molecule has 0 unspecified atom stereocenters. The fourth-order valence-corrected chi connectivity index (χ4v) is 4.54. The number of carbonyl (C=O) groups is 1. The third-order valence-corrected chi connectivity index (χ3v) is 6.25. The highest BCUT2D eigenvalue weighted by Crippen LogP contribution is 2.26. The minimum absolute atomic E-state index is 0.277. The molecule has 1 saturated heterocycles. The van der Waals surface area contributed by atoms with Crippen molar-refractivity contribution in [2.24, 2.45) is 0 Å². The number of nitriles is 1. The van der Waals surface area contributed by atoms with Gasteiger partial charge in [0.05, 0.1) is 17.6 Å². The minimum Gasteiger partial charge on any atom is -0.434 e. The van der Waals surface area contributed by atoms with Gasteiger partial charge in [-0.15, -0.1) is 11.3 Å². The molecule has 1 aromatic carbocycles. The molecular formula is C22H25N5O3S. The van der Waals surface area contributed by atoms with Crippen molar-refractivity contribution in [3.8, 4) is 11.9 Å². The van der Waals surface area contributed by atoms with Crippen LogP contribution in [0.4, 0.5) is 9.93 Å². The van der Waals surface area contributed by atoms with Gasteiger partial charge in [-0.05, 0) is 44.0 Å². The van der Waals surface area contributed by atoms with Crippen LogP contribution in [0.5, 0.6) is 5.88 Å². The molecule has 9 heteroatoms. The Labute approximate surface area is 185 Å². The lowest BCUT2D eigenvalue weighted by atomic mass is 10.1. The van der Waals surface area contributed by atoms with E-state index in [4.69, 9.17) is 9.47 Å². The van der Waals surface area contributed by atoms with Gasteiger partial charge in [0.2, 0.25) is 5.88 Å². The number of fused-ring (bicyclic) bond motifs is 1. The zero-order chi connectivity index (χ0) is 21.6. The molecule has 1 fully saturated rings. The zero-order valence-corrected chi connectivity index (χ0v) is 18.3. The molecular weight excluding hydrogens is 414 g/mol. The number of H-pyrrole nitrogens is 1. The Morgan fingerprint density at radius 2 is 2.16 bits per heavy atom. The molecule has 8 nitrogen and oxygen atoms in total. The molecule has 1 N–H and O–H groups in total. The van der Waals surface area contributed by atoms with E-state index in [-0.39, 0.29) is 6.61 Å². The highest BCUT2D eigenvalue weighted by Gasteiger charge is 2.20. The molecule has 2 aromatic heterocycles. The number of anilines is 1. The number of rotatable bonds is 7. The second-order valence-electron chi connectivity index (χ2n) is 7.38. The monoisotopic (exact) mass is 439 g/mol. The van der Waals surface area contributed by atoms with E-state index in [2.05, 4.69) is 44.0 Å². The number of piperazine rings is 1. The quantitative estimate of drug-likeness (QED) is 0.560. The molecule has 0 saturated carbocycles. The molecule has 0 amide bonds. The minimum atomic E-state index is -0.719. The van der Waals surface area contributed by atoms with Crippen molar-refractivity contribution in [2.45, 2.75) is 19.8 Å². The Morgan fingerprint density at radius 3 is 2.94 bits per heavy atom. The van der Waals surface area contributed by atoms with Crippen LogP contribution in [0.15, 0.2) is 29.8 Å². The highest BCUT2D eigenvalue weighted by atomic mass is 32.1. The predicted octanol–water partition coefficient (Wildman–Crippen LogP) is 3.79. The summed E-state index contributed by atoms with van der Waals surface area (Å²) >= 11 is 1.48. The summed E-state index contributed by atoms with van der Waals surface area (Å²) in [4.78, 5) is 23.6. The maximum Gasteiger partial charge on any atom is 0.515 e. The van der Waals surface area contributed by atoms with Gasteiger partial charge in [0.1, 0.15) is 6.07 Å². The molecule has 0 atom stereocenters. The van der Waals surface area contributed by atoms with E-state index < -0.39 is 6.16 Å². The molecule has 4 rings (SSSR count). The van der Waals surface area contributed by atoms with E-state index in [9.17, 15) is 10.1 Å². The second-order valence-corrected chi connectivity index (χ2v) is 8.22. The van der Waals surface area contributed by atoms with Crippen LogP contribution in [-0.4, -0.2) is 60.4 Å². The summed E-state index contributed by atoms with van der Waals surface area (Å²) < 4.78 is 9.84. The first kappa shape index (κ1) is 21.2. The summed E-state index contributed by atoms with van der Waals surface area (Å²) in [5.41, 5.74) is 2.97. The van der Waals surface area contributed by atoms with Crippen molar-refractivity contribution < 1.29 is 14.3 Å². The van der Waals surface area contributed by atoms with Crippen molar-refractivity contribution in [3.05, 3.63) is 40.9 Å². The van der Waals surface area contributed by atoms with Gasteiger partial charge in [0, 0.05) is 43.3 Å². The normalized spacial score (nSPS) is 14.5. The zero-order valence-electron chi connectivity index (χ0n) is 17.5. The van der Waals surface area contributed by atoms with Gasteiger partial charge in [0.15, 0.2) is 5.13 Å². The van der Waals surface area contributed by atoms with Gasteiger partial charge in [-0.1, -0.05) is 6.07 Å². The van der Waals surface area contributed by atoms with Crippen molar-refractivity contribution in [1.82, 2.24) is 14.9 Å². The average Bonchev–Trinajstić information content (AvgIpc) is 3.41. The number of ether oxygens (including phenoxy) is 2. The van der Waals surface area contributed by atoms with Crippen LogP contribution in [0, 0.1) is 11.3 Å². The summed E-state index contributed by atoms with van der Waals surface area (Å²) in [7, 11) is 0. The van der Waals surface area contributed by atoms with Gasteiger partial charge in [0.25, 0.3) is 0 Å². The Kier molecular flexibility index (Phi) is 6.70. The van der Waals surface area contributed by atoms with Crippen LogP contribution in [0.3, 0.4) is 0 Å². The number of hydrogen-bond acceptors (Lipinski definition) is 8. The topological polar surface area (TPSA) is 94.5 Å². The number of aromatic nitrogens is 2. The summed E-state index contributed by atoms with van der Waals surface area (Å²) in [5, 5.41) is 12.8. The summed E-state index contributed by atoms with van der Waals surface area (Å²) in [6, 6.07) is 8.55. The lowest BCUT2D eigenvalue weighted by Gasteiger charge is -2.34. The number of aryl methyl sites for hydroxylation is 1.